The Balaban J connectivity index is 2.25. The fourth-order valence-corrected chi connectivity index (χ4v) is 1.63. The Morgan fingerprint density at radius 2 is 2.19 bits per heavy atom. The summed E-state index contributed by atoms with van der Waals surface area (Å²) in [5.41, 5.74) is 7.41. The number of fused-ring (bicyclic) bond motifs is 1. The zero-order valence-electron chi connectivity index (χ0n) is 8.50. The molecule has 0 fully saturated rings. The van der Waals surface area contributed by atoms with E-state index in [-0.39, 0.29) is 0 Å². The summed E-state index contributed by atoms with van der Waals surface area (Å²) in [5, 5.41) is 8.15. The lowest BCUT2D eigenvalue weighted by Crippen LogP contribution is -1.98. The quantitative estimate of drug-likeness (QED) is 0.701. The lowest BCUT2D eigenvalue weighted by molar-refractivity contribution is 0.576. The molecule has 2 N–H and O–H groups in total. The molecule has 0 saturated heterocycles. The smallest absolute Gasteiger partial charge is 0.204 e. The minimum atomic E-state index is 0.492. The first-order chi connectivity index (χ1) is 7.88. The zero-order chi connectivity index (χ0) is 11.0. The molecule has 0 unspecified atom stereocenters. The Morgan fingerprint density at radius 1 is 1.25 bits per heavy atom. The van der Waals surface area contributed by atoms with Gasteiger partial charge in [0.15, 0.2) is 11.4 Å². The maximum atomic E-state index is 5.60. The predicted octanol–water partition coefficient (Wildman–Crippen LogP) is 1.45. The molecule has 0 spiro atoms. The number of pyridine rings is 1. The van der Waals surface area contributed by atoms with Gasteiger partial charge in [-0.25, -0.2) is 0 Å². The highest BCUT2D eigenvalue weighted by atomic mass is 16.3. The summed E-state index contributed by atoms with van der Waals surface area (Å²) in [5.74, 6) is 1.39. The van der Waals surface area contributed by atoms with Crippen LogP contribution >= 0.6 is 0 Å². The van der Waals surface area contributed by atoms with Gasteiger partial charge in [-0.05, 0) is 23.8 Å². The molecule has 0 aliphatic carbocycles. The van der Waals surface area contributed by atoms with Crippen molar-refractivity contribution in [2.75, 3.05) is 0 Å². The lowest BCUT2D eigenvalue weighted by Gasteiger charge is -1.99. The fraction of sp³-hybridized carbons (Fsp3) is 0.0909. The molecule has 16 heavy (non-hydrogen) atoms. The van der Waals surface area contributed by atoms with Crippen LogP contribution in [0.3, 0.4) is 0 Å². The Kier molecular flexibility index (Phi) is 1.97. The average Bonchev–Trinajstić information content (AvgIpc) is 2.96. The van der Waals surface area contributed by atoms with E-state index in [1.165, 1.54) is 0 Å². The molecule has 3 rings (SSSR count). The van der Waals surface area contributed by atoms with Crippen LogP contribution < -0.4 is 5.73 Å². The first kappa shape index (κ1) is 9.11. The number of nitrogens with zero attached hydrogens (tertiary/aromatic N) is 3. The van der Waals surface area contributed by atoms with Gasteiger partial charge in [0.25, 0.3) is 0 Å². The first-order valence-electron chi connectivity index (χ1n) is 4.96. The summed E-state index contributed by atoms with van der Waals surface area (Å²) in [6.45, 7) is 0.492. The van der Waals surface area contributed by atoms with Crippen LogP contribution in [0, 0.1) is 0 Å². The van der Waals surface area contributed by atoms with Crippen LogP contribution in [0.2, 0.25) is 0 Å². The molecule has 3 heterocycles. The molecule has 0 aliphatic rings. The van der Waals surface area contributed by atoms with Crippen molar-refractivity contribution >= 4 is 5.65 Å². The van der Waals surface area contributed by atoms with Gasteiger partial charge in [0.1, 0.15) is 0 Å². The van der Waals surface area contributed by atoms with E-state index in [0.29, 0.717) is 18.1 Å². The number of hydrogen-bond donors (Lipinski definition) is 1. The maximum Gasteiger partial charge on any atom is 0.204 e. The summed E-state index contributed by atoms with van der Waals surface area (Å²) >= 11 is 0. The van der Waals surface area contributed by atoms with Gasteiger partial charge < -0.3 is 10.2 Å². The van der Waals surface area contributed by atoms with Crippen LogP contribution in [-0.2, 0) is 6.54 Å². The summed E-state index contributed by atoms with van der Waals surface area (Å²) in [7, 11) is 0. The fourth-order valence-electron chi connectivity index (χ4n) is 1.63. The minimum absolute atomic E-state index is 0.492. The summed E-state index contributed by atoms with van der Waals surface area (Å²) in [6.07, 6.45) is 3.54. The van der Waals surface area contributed by atoms with E-state index >= 15 is 0 Å². The Morgan fingerprint density at radius 3 is 2.94 bits per heavy atom. The third kappa shape index (κ3) is 1.30. The molecule has 0 atom stereocenters. The molecule has 0 aromatic carbocycles. The largest absolute Gasteiger partial charge is 0.461 e. The second kappa shape index (κ2) is 3.46. The molecular weight excluding hydrogens is 204 g/mol. The Bertz CT molecular complexity index is 612. The minimum Gasteiger partial charge on any atom is -0.461 e. The maximum absolute atomic E-state index is 5.60. The van der Waals surface area contributed by atoms with E-state index in [9.17, 15) is 0 Å². The Labute approximate surface area is 91.5 Å². The molecule has 80 valence electrons. The number of aromatic nitrogens is 3. The van der Waals surface area contributed by atoms with Crippen LogP contribution in [0.15, 0.2) is 41.1 Å². The highest BCUT2D eigenvalue weighted by Gasteiger charge is 2.10. The molecule has 0 amide bonds. The van der Waals surface area contributed by atoms with Crippen LogP contribution in [0.25, 0.3) is 17.2 Å². The Hall–Kier alpha value is -2.14. The summed E-state index contributed by atoms with van der Waals surface area (Å²) < 4.78 is 7.18. The molecular formula is C11H10N4O. The van der Waals surface area contributed by atoms with Crippen molar-refractivity contribution in [3.8, 4) is 11.6 Å². The van der Waals surface area contributed by atoms with Crippen LogP contribution in [-0.4, -0.2) is 14.6 Å². The second-order valence-corrected chi connectivity index (χ2v) is 3.47. The summed E-state index contributed by atoms with van der Waals surface area (Å²) in [4.78, 5) is 0. The van der Waals surface area contributed by atoms with Crippen LogP contribution in [0.4, 0.5) is 0 Å². The highest BCUT2D eigenvalue weighted by Crippen LogP contribution is 2.18. The van der Waals surface area contributed by atoms with Gasteiger partial charge in [-0.3, -0.25) is 4.40 Å². The van der Waals surface area contributed by atoms with Crippen molar-refractivity contribution in [1.82, 2.24) is 14.6 Å². The lowest BCUT2D eigenvalue weighted by atomic mass is 10.3. The third-order valence-corrected chi connectivity index (χ3v) is 2.44. The van der Waals surface area contributed by atoms with Crippen molar-refractivity contribution < 1.29 is 4.42 Å². The monoisotopic (exact) mass is 214 g/mol. The van der Waals surface area contributed by atoms with Gasteiger partial charge in [0.05, 0.1) is 6.26 Å². The van der Waals surface area contributed by atoms with E-state index < -0.39 is 0 Å². The van der Waals surface area contributed by atoms with Gasteiger partial charge in [-0.2, -0.15) is 0 Å². The standard InChI is InChI=1S/C11H10N4O/c12-6-8-3-4-10-13-14-11(15(10)7-8)9-2-1-5-16-9/h1-5,7H,6,12H2. The highest BCUT2D eigenvalue weighted by molar-refractivity contribution is 5.54. The molecule has 5 nitrogen and oxygen atoms in total. The van der Waals surface area contributed by atoms with E-state index in [1.54, 1.807) is 6.26 Å². The molecule has 0 saturated carbocycles. The van der Waals surface area contributed by atoms with Crippen LogP contribution in [0.1, 0.15) is 5.56 Å². The second-order valence-electron chi connectivity index (χ2n) is 3.47. The first-order valence-corrected chi connectivity index (χ1v) is 4.96. The van der Waals surface area contributed by atoms with E-state index in [0.717, 1.165) is 11.2 Å². The third-order valence-electron chi connectivity index (χ3n) is 2.44. The zero-order valence-corrected chi connectivity index (χ0v) is 8.50. The van der Waals surface area contributed by atoms with Gasteiger partial charge in [0, 0.05) is 12.7 Å². The van der Waals surface area contributed by atoms with E-state index in [2.05, 4.69) is 10.2 Å². The van der Waals surface area contributed by atoms with Crippen molar-refractivity contribution in [3.05, 3.63) is 42.3 Å². The molecule has 3 aromatic rings. The van der Waals surface area contributed by atoms with Crippen molar-refractivity contribution in [3.63, 3.8) is 0 Å². The molecule has 0 bridgehead atoms. The SMILES string of the molecule is NCc1ccc2nnc(-c3ccco3)n2c1. The predicted molar refractivity (Wildman–Crippen MR) is 58.6 cm³/mol. The number of furan rings is 1. The van der Waals surface area contributed by atoms with E-state index in [1.807, 2.05) is 34.9 Å². The van der Waals surface area contributed by atoms with Gasteiger partial charge in [-0.15, -0.1) is 10.2 Å². The normalized spacial score (nSPS) is 11.1. The van der Waals surface area contributed by atoms with Gasteiger partial charge in [0.2, 0.25) is 5.82 Å². The number of rotatable bonds is 2. The van der Waals surface area contributed by atoms with E-state index in [4.69, 9.17) is 10.2 Å². The molecule has 3 aromatic heterocycles. The topological polar surface area (TPSA) is 69.3 Å². The molecule has 0 aliphatic heterocycles. The molecule has 5 heteroatoms. The van der Waals surface area contributed by atoms with Crippen molar-refractivity contribution in [2.24, 2.45) is 5.73 Å². The van der Waals surface area contributed by atoms with Crippen molar-refractivity contribution in [2.45, 2.75) is 6.54 Å². The van der Waals surface area contributed by atoms with Crippen LogP contribution in [0.5, 0.6) is 0 Å². The average molecular weight is 214 g/mol. The van der Waals surface area contributed by atoms with Crippen molar-refractivity contribution in [1.29, 1.82) is 0 Å². The summed E-state index contributed by atoms with van der Waals surface area (Å²) in [6, 6.07) is 7.51. The number of nitrogens with two attached hydrogens (primary N) is 1. The van der Waals surface area contributed by atoms with Gasteiger partial charge >= 0.3 is 0 Å². The number of hydrogen-bond acceptors (Lipinski definition) is 4. The van der Waals surface area contributed by atoms with Gasteiger partial charge in [-0.1, -0.05) is 6.07 Å². The molecule has 0 radical (unpaired) electrons.